The van der Waals surface area contributed by atoms with Gasteiger partial charge < -0.3 is 15.2 Å². The Kier molecular flexibility index (Phi) is 9.13. The van der Waals surface area contributed by atoms with E-state index < -0.39 is 11.9 Å². The Morgan fingerprint density at radius 1 is 1.28 bits per heavy atom. The predicted octanol–water partition coefficient (Wildman–Crippen LogP) is 3.19. The van der Waals surface area contributed by atoms with Gasteiger partial charge in [-0.3, -0.25) is 14.6 Å². The van der Waals surface area contributed by atoms with Crippen molar-refractivity contribution in [1.82, 2.24) is 15.1 Å². The summed E-state index contributed by atoms with van der Waals surface area (Å²) in [5.74, 6) is -0.386. The molecule has 1 aliphatic rings. The highest BCUT2D eigenvalue weighted by Gasteiger charge is 2.26. The van der Waals surface area contributed by atoms with Gasteiger partial charge in [0, 0.05) is 48.8 Å². The van der Waals surface area contributed by atoms with Crippen molar-refractivity contribution >= 4 is 29.1 Å². The maximum Gasteiger partial charge on any atom is 0.234 e. The number of rotatable bonds is 9. The van der Waals surface area contributed by atoms with Crippen LogP contribution in [-0.2, 0) is 11.3 Å². The molecule has 1 heterocycles. The number of aliphatic hydroxyl groups is 1. The van der Waals surface area contributed by atoms with Gasteiger partial charge in [0.2, 0.25) is 5.91 Å². The first kappa shape index (κ1) is 24.7. The van der Waals surface area contributed by atoms with Crippen LogP contribution in [0.5, 0.6) is 5.75 Å². The van der Waals surface area contributed by atoms with E-state index >= 15 is 0 Å². The largest absolute Gasteiger partial charge is 0.488 e. The molecule has 0 aliphatic carbocycles. The van der Waals surface area contributed by atoms with Crippen LogP contribution in [0, 0.1) is 5.82 Å². The van der Waals surface area contributed by atoms with E-state index in [4.69, 9.17) is 27.9 Å². The Labute approximate surface area is 197 Å². The van der Waals surface area contributed by atoms with Gasteiger partial charge in [-0.2, -0.15) is 0 Å². The van der Waals surface area contributed by atoms with Crippen LogP contribution in [0.2, 0.25) is 10.0 Å². The number of ether oxygens (including phenoxy) is 1. The minimum Gasteiger partial charge on any atom is -0.488 e. The molecule has 0 aromatic heterocycles. The van der Waals surface area contributed by atoms with Gasteiger partial charge in [-0.1, -0.05) is 41.4 Å². The second-order valence-electron chi connectivity index (χ2n) is 7.99. The van der Waals surface area contributed by atoms with E-state index in [-0.39, 0.29) is 24.3 Å². The number of hydrogen-bond acceptors (Lipinski definition) is 5. The van der Waals surface area contributed by atoms with Gasteiger partial charge in [0.05, 0.1) is 6.54 Å². The topological polar surface area (TPSA) is 65.0 Å². The molecule has 9 heteroatoms. The first-order valence-electron chi connectivity index (χ1n) is 10.5. The summed E-state index contributed by atoms with van der Waals surface area (Å²) in [4.78, 5) is 16.6. The molecule has 2 aromatic rings. The summed E-state index contributed by atoms with van der Waals surface area (Å²) in [5, 5.41) is 14.3. The SMILES string of the molecule is C[C@H]1CN(CC(=O)NCc2ccc(Cl)cc2Cl)CCN1C[C@@H](O)COc1ccccc1F. The standard InChI is InChI=1S/C23H28Cl2FN3O3/c1-16-12-28(14-23(31)27-11-17-6-7-18(24)10-20(17)25)8-9-29(16)13-19(30)15-32-22-5-3-2-4-21(22)26/h2-7,10,16,19,30H,8-9,11-15H2,1H3,(H,27,31)/t16-,19+/m0/s1. The molecule has 1 amide bonds. The van der Waals surface area contributed by atoms with Crippen molar-refractivity contribution in [3.8, 4) is 5.75 Å². The quantitative estimate of drug-likeness (QED) is 0.573. The van der Waals surface area contributed by atoms with Crippen LogP contribution in [0.1, 0.15) is 12.5 Å². The van der Waals surface area contributed by atoms with Gasteiger partial charge in [0.15, 0.2) is 11.6 Å². The molecule has 1 fully saturated rings. The Morgan fingerprint density at radius 2 is 2.06 bits per heavy atom. The number of carbonyl (C=O) groups is 1. The molecule has 2 atom stereocenters. The van der Waals surface area contributed by atoms with Crippen LogP contribution in [0.25, 0.3) is 0 Å². The zero-order chi connectivity index (χ0) is 23.1. The van der Waals surface area contributed by atoms with E-state index in [1.165, 1.54) is 12.1 Å². The molecule has 174 valence electrons. The third kappa shape index (κ3) is 7.32. The zero-order valence-corrected chi connectivity index (χ0v) is 19.4. The number of para-hydroxylation sites is 1. The average molecular weight is 484 g/mol. The summed E-state index contributed by atoms with van der Waals surface area (Å²) >= 11 is 12.0. The number of nitrogens with zero attached hydrogens (tertiary/aromatic N) is 2. The highest BCUT2D eigenvalue weighted by atomic mass is 35.5. The third-order valence-electron chi connectivity index (χ3n) is 5.42. The monoisotopic (exact) mass is 483 g/mol. The van der Waals surface area contributed by atoms with E-state index in [1.807, 2.05) is 0 Å². The fraction of sp³-hybridized carbons (Fsp3) is 0.435. The van der Waals surface area contributed by atoms with E-state index in [0.29, 0.717) is 49.3 Å². The van der Waals surface area contributed by atoms with Crippen LogP contribution in [-0.4, -0.2) is 72.3 Å². The lowest BCUT2D eigenvalue weighted by Crippen LogP contribution is -2.55. The highest BCUT2D eigenvalue weighted by Crippen LogP contribution is 2.21. The lowest BCUT2D eigenvalue weighted by atomic mass is 10.1. The lowest BCUT2D eigenvalue weighted by Gasteiger charge is -2.40. The number of hydrogen-bond donors (Lipinski definition) is 2. The molecular formula is C23H28Cl2FN3O3. The fourth-order valence-electron chi connectivity index (χ4n) is 3.67. The Balaban J connectivity index is 1.38. The van der Waals surface area contributed by atoms with Gasteiger partial charge in [-0.25, -0.2) is 4.39 Å². The average Bonchev–Trinajstić information content (AvgIpc) is 2.74. The maximum atomic E-state index is 13.6. The number of piperazine rings is 1. The molecule has 2 N–H and O–H groups in total. The van der Waals surface area contributed by atoms with Crippen molar-refractivity contribution in [2.24, 2.45) is 0 Å². The Hall–Kier alpha value is -1.90. The van der Waals surface area contributed by atoms with Crippen LogP contribution in [0.4, 0.5) is 4.39 Å². The van der Waals surface area contributed by atoms with Gasteiger partial charge in [-0.05, 0) is 36.8 Å². The fourth-order valence-corrected chi connectivity index (χ4v) is 4.15. The van der Waals surface area contributed by atoms with Crippen molar-refractivity contribution in [1.29, 1.82) is 0 Å². The van der Waals surface area contributed by atoms with E-state index in [9.17, 15) is 14.3 Å². The number of benzene rings is 2. The number of carbonyl (C=O) groups excluding carboxylic acids is 1. The summed E-state index contributed by atoms with van der Waals surface area (Å²) in [6, 6.07) is 11.5. The van der Waals surface area contributed by atoms with Gasteiger partial charge >= 0.3 is 0 Å². The smallest absolute Gasteiger partial charge is 0.234 e. The Bertz CT molecular complexity index is 918. The number of halogens is 3. The predicted molar refractivity (Wildman–Crippen MR) is 124 cm³/mol. The third-order valence-corrected chi connectivity index (χ3v) is 6.01. The molecule has 3 rings (SSSR count). The zero-order valence-electron chi connectivity index (χ0n) is 17.9. The van der Waals surface area contributed by atoms with Gasteiger partial charge in [0.1, 0.15) is 12.7 Å². The summed E-state index contributed by atoms with van der Waals surface area (Å²) in [5.41, 5.74) is 0.814. The van der Waals surface area contributed by atoms with Crippen molar-refractivity contribution in [2.45, 2.75) is 25.6 Å². The van der Waals surface area contributed by atoms with Gasteiger partial charge in [0.25, 0.3) is 0 Å². The van der Waals surface area contributed by atoms with E-state index in [0.717, 1.165) is 5.56 Å². The minimum absolute atomic E-state index is 0.0174. The Morgan fingerprint density at radius 3 is 2.78 bits per heavy atom. The second-order valence-corrected chi connectivity index (χ2v) is 8.83. The molecule has 0 saturated carbocycles. The molecule has 0 bridgehead atoms. The van der Waals surface area contributed by atoms with Gasteiger partial charge in [-0.15, -0.1) is 0 Å². The summed E-state index contributed by atoms with van der Waals surface area (Å²) in [7, 11) is 0. The van der Waals surface area contributed by atoms with E-state index in [2.05, 4.69) is 22.0 Å². The highest BCUT2D eigenvalue weighted by molar-refractivity contribution is 6.35. The number of β-amino-alcohol motifs (C(OH)–C–C–N with tert-alkyl or cyclic N) is 1. The minimum atomic E-state index is -0.740. The van der Waals surface area contributed by atoms with Crippen molar-refractivity contribution in [3.63, 3.8) is 0 Å². The molecular weight excluding hydrogens is 456 g/mol. The van der Waals surface area contributed by atoms with Crippen molar-refractivity contribution in [2.75, 3.05) is 39.3 Å². The van der Waals surface area contributed by atoms with Crippen molar-refractivity contribution < 1.29 is 19.0 Å². The first-order valence-corrected chi connectivity index (χ1v) is 11.3. The number of nitrogens with one attached hydrogen (secondary N) is 1. The summed E-state index contributed by atoms with van der Waals surface area (Å²) < 4.78 is 19.0. The van der Waals surface area contributed by atoms with Crippen LogP contribution >= 0.6 is 23.2 Å². The second kappa shape index (κ2) is 11.8. The van der Waals surface area contributed by atoms with Crippen LogP contribution in [0.3, 0.4) is 0 Å². The normalized spacial score (nSPS) is 18.3. The molecule has 0 radical (unpaired) electrons. The van der Waals surface area contributed by atoms with E-state index in [1.54, 1.807) is 30.3 Å². The summed E-state index contributed by atoms with van der Waals surface area (Å²) in [6.45, 7) is 5.27. The molecule has 0 unspecified atom stereocenters. The molecule has 1 aliphatic heterocycles. The van der Waals surface area contributed by atoms with Crippen LogP contribution in [0.15, 0.2) is 42.5 Å². The van der Waals surface area contributed by atoms with Crippen molar-refractivity contribution in [3.05, 3.63) is 63.9 Å². The molecule has 32 heavy (non-hydrogen) atoms. The lowest BCUT2D eigenvalue weighted by molar-refractivity contribution is -0.123. The molecule has 6 nitrogen and oxygen atoms in total. The number of aliphatic hydroxyl groups excluding tert-OH is 1. The number of amides is 1. The van der Waals surface area contributed by atoms with Crippen LogP contribution < -0.4 is 10.1 Å². The maximum absolute atomic E-state index is 13.6. The molecule has 2 aromatic carbocycles. The summed E-state index contributed by atoms with van der Waals surface area (Å²) in [6.07, 6.45) is -0.740. The molecule has 1 saturated heterocycles. The first-order chi connectivity index (χ1) is 15.3. The molecule has 0 spiro atoms.